The SMILES string of the molecule is CC(C)NC(=O)C(C)NC(C)CCC(=O)O. The molecule has 0 saturated carbocycles. The smallest absolute Gasteiger partial charge is 0.303 e. The van der Waals surface area contributed by atoms with E-state index in [1.54, 1.807) is 6.92 Å². The predicted octanol–water partition coefficient (Wildman–Crippen LogP) is 0.742. The number of carboxylic acid groups (broad SMARTS) is 1. The van der Waals surface area contributed by atoms with Crippen molar-refractivity contribution in [2.75, 3.05) is 0 Å². The van der Waals surface area contributed by atoms with Crippen LogP contribution in [0, 0.1) is 0 Å². The number of rotatable bonds is 7. The Kier molecular flexibility index (Phi) is 6.72. The number of carboxylic acids is 1. The Morgan fingerprint density at radius 1 is 1.19 bits per heavy atom. The summed E-state index contributed by atoms with van der Waals surface area (Å²) >= 11 is 0. The maximum absolute atomic E-state index is 11.5. The van der Waals surface area contributed by atoms with Gasteiger partial charge in [-0.15, -0.1) is 0 Å². The molecule has 5 nitrogen and oxygen atoms in total. The van der Waals surface area contributed by atoms with Gasteiger partial charge in [0.05, 0.1) is 6.04 Å². The summed E-state index contributed by atoms with van der Waals surface area (Å²) in [4.78, 5) is 21.9. The Bertz CT molecular complexity index is 241. The molecule has 3 N–H and O–H groups in total. The van der Waals surface area contributed by atoms with E-state index >= 15 is 0 Å². The van der Waals surface area contributed by atoms with E-state index in [9.17, 15) is 9.59 Å². The standard InChI is InChI=1S/C11H22N2O3/c1-7(2)12-11(16)9(4)13-8(3)5-6-10(14)15/h7-9,13H,5-6H2,1-4H3,(H,12,16)(H,14,15). The summed E-state index contributed by atoms with van der Waals surface area (Å²) in [6.45, 7) is 7.45. The molecule has 0 aliphatic heterocycles. The van der Waals surface area contributed by atoms with E-state index in [1.807, 2.05) is 20.8 Å². The van der Waals surface area contributed by atoms with Crippen molar-refractivity contribution < 1.29 is 14.7 Å². The molecule has 0 aliphatic rings. The van der Waals surface area contributed by atoms with Gasteiger partial charge in [0.1, 0.15) is 0 Å². The molecule has 2 atom stereocenters. The zero-order chi connectivity index (χ0) is 12.7. The molecule has 0 fully saturated rings. The molecule has 0 rings (SSSR count). The van der Waals surface area contributed by atoms with Gasteiger partial charge in [-0.1, -0.05) is 0 Å². The molecule has 0 aromatic carbocycles. The fourth-order valence-electron chi connectivity index (χ4n) is 1.34. The number of aliphatic carboxylic acids is 1. The highest BCUT2D eigenvalue weighted by atomic mass is 16.4. The highest BCUT2D eigenvalue weighted by molar-refractivity contribution is 5.81. The molecule has 0 heterocycles. The average Bonchev–Trinajstić information content (AvgIpc) is 2.13. The van der Waals surface area contributed by atoms with Crippen LogP contribution in [0.3, 0.4) is 0 Å². The van der Waals surface area contributed by atoms with Crippen molar-refractivity contribution in [1.29, 1.82) is 0 Å². The Hall–Kier alpha value is -1.10. The Labute approximate surface area is 96.6 Å². The first-order valence-corrected chi connectivity index (χ1v) is 5.61. The second-order valence-corrected chi connectivity index (χ2v) is 4.39. The third-order valence-electron chi connectivity index (χ3n) is 2.15. The molecule has 0 radical (unpaired) electrons. The lowest BCUT2D eigenvalue weighted by molar-refractivity contribution is -0.137. The summed E-state index contributed by atoms with van der Waals surface area (Å²) in [6.07, 6.45) is 0.640. The van der Waals surface area contributed by atoms with Crippen molar-refractivity contribution in [2.24, 2.45) is 0 Å². The van der Waals surface area contributed by atoms with Crippen LogP contribution in [-0.2, 0) is 9.59 Å². The molecule has 94 valence electrons. The van der Waals surface area contributed by atoms with E-state index in [2.05, 4.69) is 10.6 Å². The van der Waals surface area contributed by atoms with Crippen molar-refractivity contribution in [2.45, 2.75) is 58.7 Å². The maximum atomic E-state index is 11.5. The molecule has 5 heteroatoms. The largest absolute Gasteiger partial charge is 0.481 e. The van der Waals surface area contributed by atoms with Gasteiger partial charge in [-0.2, -0.15) is 0 Å². The number of hydrogen-bond acceptors (Lipinski definition) is 3. The van der Waals surface area contributed by atoms with Crippen molar-refractivity contribution in [3.63, 3.8) is 0 Å². The van der Waals surface area contributed by atoms with Gasteiger partial charge in [0.2, 0.25) is 5.91 Å². The van der Waals surface area contributed by atoms with Gasteiger partial charge < -0.3 is 15.7 Å². The van der Waals surface area contributed by atoms with Crippen LogP contribution in [0.4, 0.5) is 0 Å². The van der Waals surface area contributed by atoms with Crippen molar-refractivity contribution >= 4 is 11.9 Å². The molecule has 2 unspecified atom stereocenters. The minimum atomic E-state index is -0.812. The van der Waals surface area contributed by atoms with Crippen LogP contribution in [0.15, 0.2) is 0 Å². The van der Waals surface area contributed by atoms with Crippen molar-refractivity contribution in [3.8, 4) is 0 Å². The van der Waals surface area contributed by atoms with Gasteiger partial charge in [0.25, 0.3) is 0 Å². The summed E-state index contributed by atoms with van der Waals surface area (Å²) in [5.74, 6) is -0.870. The molecule has 0 spiro atoms. The van der Waals surface area contributed by atoms with E-state index < -0.39 is 5.97 Å². The third kappa shape index (κ3) is 7.23. The lowest BCUT2D eigenvalue weighted by Crippen LogP contribution is -2.47. The first kappa shape index (κ1) is 14.9. The van der Waals surface area contributed by atoms with E-state index in [-0.39, 0.29) is 30.5 Å². The second-order valence-electron chi connectivity index (χ2n) is 4.39. The summed E-state index contributed by atoms with van der Waals surface area (Å²) in [6, 6.07) is -0.165. The zero-order valence-electron chi connectivity index (χ0n) is 10.4. The van der Waals surface area contributed by atoms with Crippen molar-refractivity contribution in [3.05, 3.63) is 0 Å². The van der Waals surface area contributed by atoms with Gasteiger partial charge >= 0.3 is 5.97 Å². The second kappa shape index (κ2) is 7.22. The van der Waals surface area contributed by atoms with Crippen LogP contribution in [-0.4, -0.2) is 35.1 Å². The molecular weight excluding hydrogens is 208 g/mol. The van der Waals surface area contributed by atoms with E-state index in [0.29, 0.717) is 6.42 Å². The van der Waals surface area contributed by atoms with Crippen LogP contribution in [0.5, 0.6) is 0 Å². The van der Waals surface area contributed by atoms with Crippen molar-refractivity contribution in [1.82, 2.24) is 10.6 Å². The van der Waals surface area contributed by atoms with E-state index in [1.165, 1.54) is 0 Å². The molecular formula is C11H22N2O3. The zero-order valence-corrected chi connectivity index (χ0v) is 10.4. The lowest BCUT2D eigenvalue weighted by atomic mass is 10.1. The van der Waals surface area contributed by atoms with Gasteiger partial charge in [0, 0.05) is 18.5 Å². The Morgan fingerprint density at radius 3 is 2.19 bits per heavy atom. The van der Waals surface area contributed by atoms with Crippen LogP contribution in [0.25, 0.3) is 0 Å². The monoisotopic (exact) mass is 230 g/mol. The Morgan fingerprint density at radius 2 is 1.75 bits per heavy atom. The quantitative estimate of drug-likeness (QED) is 0.603. The van der Waals surface area contributed by atoms with Gasteiger partial charge in [-0.25, -0.2) is 0 Å². The van der Waals surface area contributed by atoms with Gasteiger partial charge in [0.15, 0.2) is 0 Å². The number of carbonyl (C=O) groups is 2. The molecule has 0 aromatic rings. The summed E-state index contributed by atoms with van der Waals surface area (Å²) in [7, 11) is 0. The molecule has 1 amide bonds. The highest BCUT2D eigenvalue weighted by Crippen LogP contribution is 1.98. The number of amides is 1. The van der Waals surface area contributed by atoms with Crippen LogP contribution >= 0.6 is 0 Å². The first-order chi connectivity index (χ1) is 7.32. The fraction of sp³-hybridized carbons (Fsp3) is 0.818. The molecule has 0 saturated heterocycles. The highest BCUT2D eigenvalue weighted by Gasteiger charge is 2.16. The topological polar surface area (TPSA) is 78.4 Å². The molecule has 16 heavy (non-hydrogen) atoms. The number of nitrogens with one attached hydrogen (secondary N) is 2. The minimum absolute atomic E-state index is 0.0176. The summed E-state index contributed by atoms with van der Waals surface area (Å²) in [5, 5.41) is 14.4. The maximum Gasteiger partial charge on any atom is 0.303 e. The van der Waals surface area contributed by atoms with E-state index in [0.717, 1.165) is 0 Å². The minimum Gasteiger partial charge on any atom is -0.481 e. The van der Waals surface area contributed by atoms with Gasteiger partial charge in [-0.3, -0.25) is 9.59 Å². The molecule has 0 aromatic heterocycles. The fourth-order valence-corrected chi connectivity index (χ4v) is 1.34. The van der Waals surface area contributed by atoms with E-state index in [4.69, 9.17) is 5.11 Å². The predicted molar refractivity (Wildman–Crippen MR) is 62.2 cm³/mol. The van der Waals surface area contributed by atoms with Crippen LogP contribution < -0.4 is 10.6 Å². The molecule has 0 aliphatic carbocycles. The lowest BCUT2D eigenvalue weighted by Gasteiger charge is -2.20. The van der Waals surface area contributed by atoms with Crippen LogP contribution in [0.1, 0.15) is 40.5 Å². The first-order valence-electron chi connectivity index (χ1n) is 5.61. The molecule has 0 bridgehead atoms. The number of carbonyl (C=O) groups excluding carboxylic acids is 1. The normalized spacial score (nSPS) is 14.6. The Balaban J connectivity index is 3.89. The van der Waals surface area contributed by atoms with Gasteiger partial charge in [-0.05, 0) is 34.1 Å². The van der Waals surface area contributed by atoms with Crippen LogP contribution in [0.2, 0.25) is 0 Å². The summed E-state index contributed by atoms with van der Waals surface area (Å²) in [5.41, 5.74) is 0. The third-order valence-corrected chi connectivity index (χ3v) is 2.15. The average molecular weight is 230 g/mol. The summed E-state index contributed by atoms with van der Waals surface area (Å²) < 4.78 is 0. The number of hydrogen-bond donors (Lipinski definition) is 3.